The number of nitrogens with zero attached hydrogens (tertiary/aromatic N) is 4. The molecule has 0 aliphatic carbocycles. The maximum atomic E-state index is 13.3. The molecule has 0 saturated heterocycles. The Balaban J connectivity index is 0.00000363. The lowest BCUT2D eigenvalue weighted by Crippen LogP contribution is -2.38. The second-order valence-electron chi connectivity index (χ2n) is 7.34. The first-order valence-corrected chi connectivity index (χ1v) is 10.2. The summed E-state index contributed by atoms with van der Waals surface area (Å²) in [6, 6.07) is 12.7. The van der Waals surface area contributed by atoms with Gasteiger partial charge in [0.15, 0.2) is 11.8 Å². The molecule has 1 heterocycles. The standard InChI is InChI=1S/C23H29FN6O.HI/c1-16-13-20(24)8-7-19(16)11-12-25-23(27-15-22-29-28-17(2)30(22)3)26-14-18-5-9-21(31-4)10-6-18;/h5-10,13H,11-12,14-15H2,1-4H3,(H2,25,26,27);1H. The van der Waals surface area contributed by atoms with E-state index in [0.717, 1.165) is 40.5 Å². The first-order valence-electron chi connectivity index (χ1n) is 10.2. The lowest BCUT2D eigenvalue weighted by atomic mass is 10.1. The molecule has 0 atom stereocenters. The van der Waals surface area contributed by atoms with Crippen LogP contribution in [0.3, 0.4) is 0 Å². The summed E-state index contributed by atoms with van der Waals surface area (Å²) in [6.45, 7) is 5.52. The molecule has 0 bridgehead atoms. The Morgan fingerprint density at radius 1 is 1.09 bits per heavy atom. The molecule has 172 valence electrons. The molecule has 9 heteroatoms. The maximum absolute atomic E-state index is 13.3. The molecule has 7 nitrogen and oxygen atoms in total. The fourth-order valence-electron chi connectivity index (χ4n) is 3.10. The number of rotatable bonds is 8. The predicted octanol–water partition coefficient (Wildman–Crippen LogP) is 3.68. The van der Waals surface area contributed by atoms with E-state index in [1.807, 2.05) is 55.8 Å². The molecule has 0 aliphatic rings. The van der Waals surface area contributed by atoms with E-state index in [9.17, 15) is 4.39 Å². The Labute approximate surface area is 205 Å². The Bertz CT molecular complexity index is 1040. The van der Waals surface area contributed by atoms with E-state index in [2.05, 4.69) is 20.8 Å². The largest absolute Gasteiger partial charge is 0.497 e. The van der Waals surface area contributed by atoms with Crippen molar-refractivity contribution in [2.75, 3.05) is 13.7 Å². The van der Waals surface area contributed by atoms with Gasteiger partial charge in [0.25, 0.3) is 0 Å². The van der Waals surface area contributed by atoms with Gasteiger partial charge < -0.3 is 19.9 Å². The Morgan fingerprint density at radius 3 is 2.47 bits per heavy atom. The minimum absolute atomic E-state index is 0. The minimum atomic E-state index is -0.211. The molecule has 1 aromatic heterocycles. The summed E-state index contributed by atoms with van der Waals surface area (Å²) >= 11 is 0. The number of benzene rings is 2. The van der Waals surface area contributed by atoms with Crippen molar-refractivity contribution in [3.63, 3.8) is 0 Å². The number of guanidine groups is 1. The second-order valence-corrected chi connectivity index (χ2v) is 7.34. The molecular formula is C23H30FIN6O. The highest BCUT2D eigenvalue weighted by molar-refractivity contribution is 14.0. The number of aryl methyl sites for hydroxylation is 2. The van der Waals surface area contributed by atoms with Crippen LogP contribution in [0.1, 0.15) is 28.3 Å². The summed E-state index contributed by atoms with van der Waals surface area (Å²) in [5.41, 5.74) is 3.12. The number of aliphatic imine (C=N–C) groups is 1. The van der Waals surface area contributed by atoms with Gasteiger partial charge in [0.05, 0.1) is 20.2 Å². The lowest BCUT2D eigenvalue weighted by molar-refractivity contribution is 0.414. The molecule has 0 radical (unpaired) electrons. The van der Waals surface area contributed by atoms with E-state index in [4.69, 9.17) is 9.73 Å². The zero-order chi connectivity index (χ0) is 22.2. The highest BCUT2D eigenvalue weighted by Crippen LogP contribution is 2.12. The van der Waals surface area contributed by atoms with Crippen molar-refractivity contribution in [2.45, 2.75) is 33.4 Å². The highest BCUT2D eigenvalue weighted by atomic mass is 127. The summed E-state index contributed by atoms with van der Waals surface area (Å²) in [5, 5.41) is 15.0. The molecule has 0 amide bonds. The monoisotopic (exact) mass is 552 g/mol. The third kappa shape index (κ3) is 7.18. The van der Waals surface area contributed by atoms with Gasteiger partial charge in [-0.3, -0.25) is 0 Å². The van der Waals surface area contributed by atoms with E-state index >= 15 is 0 Å². The van der Waals surface area contributed by atoms with E-state index in [1.54, 1.807) is 13.2 Å². The quantitative estimate of drug-likeness (QED) is 0.254. The maximum Gasteiger partial charge on any atom is 0.191 e. The Kier molecular flexibility index (Phi) is 9.89. The fourth-order valence-corrected chi connectivity index (χ4v) is 3.10. The molecule has 0 fully saturated rings. The molecule has 32 heavy (non-hydrogen) atoms. The molecule has 0 saturated carbocycles. The third-order valence-electron chi connectivity index (χ3n) is 5.17. The van der Waals surface area contributed by atoms with Gasteiger partial charge in [0, 0.05) is 13.6 Å². The van der Waals surface area contributed by atoms with Crippen LogP contribution >= 0.6 is 24.0 Å². The predicted molar refractivity (Wildman–Crippen MR) is 135 cm³/mol. The molecular weight excluding hydrogens is 522 g/mol. The average molecular weight is 552 g/mol. The van der Waals surface area contributed by atoms with Crippen molar-refractivity contribution >= 4 is 29.9 Å². The first-order chi connectivity index (χ1) is 15.0. The van der Waals surface area contributed by atoms with Gasteiger partial charge in [-0.2, -0.15) is 0 Å². The van der Waals surface area contributed by atoms with Crippen LogP contribution in [0.25, 0.3) is 0 Å². The van der Waals surface area contributed by atoms with Crippen molar-refractivity contribution in [1.82, 2.24) is 25.4 Å². The topological polar surface area (TPSA) is 76.4 Å². The molecule has 3 aromatic rings. The van der Waals surface area contributed by atoms with Crippen molar-refractivity contribution in [2.24, 2.45) is 12.0 Å². The van der Waals surface area contributed by atoms with Crippen LogP contribution in [-0.2, 0) is 26.6 Å². The van der Waals surface area contributed by atoms with E-state index in [1.165, 1.54) is 6.07 Å². The SMILES string of the molecule is COc1ccc(CN=C(NCCc2ccc(F)cc2C)NCc2nnc(C)n2C)cc1.I. The summed E-state index contributed by atoms with van der Waals surface area (Å²) in [7, 11) is 3.58. The first kappa shape index (κ1) is 25.6. The smallest absolute Gasteiger partial charge is 0.191 e. The lowest BCUT2D eigenvalue weighted by Gasteiger charge is -2.13. The Morgan fingerprint density at radius 2 is 1.84 bits per heavy atom. The van der Waals surface area contributed by atoms with Crippen LogP contribution < -0.4 is 15.4 Å². The van der Waals surface area contributed by atoms with Gasteiger partial charge in [0.2, 0.25) is 0 Å². The summed E-state index contributed by atoms with van der Waals surface area (Å²) in [6.07, 6.45) is 0.762. The van der Waals surface area contributed by atoms with Crippen molar-refractivity contribution in [1.29, 1.82) is 0 Å². The van der Waals surface area contributed by atoms with Crippen molar-refractivity contribution in [3.05, 3.63) is 76.6 Å². The van der Waals surface area contributed by atoms with E-state index in [0.29, 0.717) is 25.6 Å². The zero-order valence-corrected chi connectivity index (χ0v) is 21.2. The molecule has 3 rings (SSSR count). The van der Waals surface area contributed by atoms with Crippen LogP contribution in [0.15, 0.2) is 47.5 Å². The molecule has 2 aromatic carbocycles. The van der Waals surface area contributed by atoms with Gasteiger partial charge in [-0.15, -0.1) is 34.2 Å². The van der Waals surface area contributed by atoms with Crippen LogP contribution in [-0.4, -0.2) is 34.4 Å². The van der Waals surface area contributed by atoms with Crippen LogP contribution in [0.5, 0.6) is 5.75 Å². The zero-order valence-electron chi connectivity index (χ0n) is 18.9. The van der Waals surface area contributed by atoms with Gasteiger partial charge in [-0.05, 0) is 61.2 Å². The normalized spacial score (nSPS) is 11.1. The number of nitrogens with one attached hydrogen (secondary N) is 2. The van der Waals surface area contributed by atoms with E-state index in [-0.39, 0.29) is 29.8 Å². The number of ether oxygens (including phenoxy) is 1. The number of aromatic nitrogens is 3. The molecule has 2 N–H and O–H groups in total. The second kappa shape index (κ2) is 12.4. The minimum Gasteiger partial charge on any atom is -0.497 e. The molecule has 0 aliphatic heterocycles. The van der Waals surface area contributed by atoms with Gasteiger partial charge in [-0.1, -0.05) is 18.2 Å². The van der Waals surface area contributed by atoms with Gasteiger partial charge in [-0.25, -0.2) is 9.38 Å². The summed E-state index contributed by atoms with van der Waals surface area (Å²) in [5.74, 6) is 2.96. The number of hydrogen-bond donors (Lipinski definition) is 2. The van der Waals surface area contributed by atoms with Crippen molar-refractivity contribution in [3.8, 4) is 5.75 Å². The van der Waals surface area contributed by atoms with Crippen molar-refractivity contribution < 1.29 is 9.13 Å². The fraction of sp³-hybridized carbons (Fsp3) is 0.348. The highest BCUT2D eigenvalue weighted by Gasteiger charge is 2.07. The van der Waals surface area contributed by atoms with Crippen LogP contribution in [0.4, 0.5) is 4.39 Å². The molecule has 0 spiro atoms. The van der Waals surface area contributed by atoms with Gasteiger partial charge in [0.1, 0.15) is 17.4 Å². The number of halogens is 2. The average Bonchev–Trinajstić information content (AvgIpc) is 3.09. The van der Waals surface area contributed by atoms with Gasteiger partial charge >= 0.3 is 0 Å². The molecule has 0 unspecified atom stereocenters. The Hall–Kier alpha value is -2.69. The van der Waals surface area contributed by atoms with E-state index < -0.39 is 0 Å². The third-order valence-corrected chi connectivity index (χ3v) is 5.17. The number of hydrogen-bond acceptors (Lipinski definition) is 4. The summed E-state index contributed by atoms with van der Waals surface area (Å²) < 4.78 is 20.5. The number of methoxy groups -OCH3 is 1. The van der Waals surface area contributed by atoms with Crippen LogP contribution in [0, 0.1) is 19.7 Å². The van der Waals surface area contributed by atoms with Crippen LogP contribution in [0.2, 0.25) is 0 Å². The summed E-state index contributed by atoms with van der Waals surface area (Å²) in [4.78, 5) is 4.70.